The van der Waals surface area contributed by atoms with E-state index < -0.39 is 89.6 Å². The zero-order valence-corrected chi connectivity index (χ0v) is 36.5. The summed E-state index contributed by atoms with van der Waals surface area (Å²) in [6.45, 7) is 6.53. The van der Waals surface area contributed by atoms with E-state index in [9.17, 15) is 48.9 Å². The summed E-state index contributed by atoms with van der Waals surface area (Å²) in [6, 6.07) is 4.94. The third-order valence-corrected chi connectivity index (χ3v) is 12.0. The van der Waals surface area contributed by atoms with Gasteiger partial charge in [0.15, 0.2) is 0 Å². The fraction of sp³-hybridized carbons (Fsp3) is 0.488. The molecule has 0 unspecified atom stereocenters. The number of unbranched alkanes of at least 4 members (excludes halogenated alkanes) is 1. The molecule has 2 heterocycles. The van der Waals surface area contributed by atoms with Gasteiger partial charge in [0, 0.05) is 48.0 Å². The summed E-state index contributed by atoms with van der Waals surface area (Å²) in [5.41, 5.74) is 7.44. The van der Waals surface area contributed by atoms with Gasteiger partial charge in [0.25, 0.3) is 0 Å². The summed E-state index contributed by atoms with van der Waals surface area (Å²) in [7, 11) is 2.06. The van der Waals surface area contributed by atoms with E-state index in [-0.39, 0.29) is 49.5 Å². The zero-order valence-electron chi connectivity index (χ0n) is 34.9. The smallest absolute Gasteiger partial charge is 0.407 e. The molecule has 19 nitrogen and oxygen atoms in total. The summed E-state index contributed by atoms with van der Waals surface area (Å²) in [5.74, 6) is -5.84. The Labute approximate surface area is 366 Å². The maximum Gasteiger partial charge on any atom is 0.407 e. The molecule has 1 aromatic heterocycles. The molecule has 2 aromatic carbocycles. The number of hydrogen-bond donors (Lipinski definition) is 11. The molecule has 1 aliphatic heterocycles. The molecule has 0 spiro atoms. The van der Waals surface area contributed by atoms with Crippen LogP contribution in [0.1, 0.15) is 58.1 Å². The van der Waals surface area contributed by atoms with Crippen LogP contribution in [0.15, 0.2) is 54.7 Å². The fourth-order valence-corrected chi connectivity index (χ4v) is 8.56. The molecule has 7 atom stereocenters. The van der Waals surface area contributed by atoms with Crippen molar-refractivity contribution < 1.29 is 53.6 Å². The summed E-state index contributed by atoms with van der Waals surface area (Å²) in [4.78, 5) is 97.2. The van der Waals surface area contributed by atoms with E-state index in [2.05, 4.69) is 36.9 Å². The maximum atomic E-state index is 14.5. The average molecular weight is 901 g/mol. The number of aliphatic carboxylic acids is 1. The predicted molar refractivity (Wildman–Crippen MR) is 234 cm³/mol. The molecule has 0 bridgehead atoms. The molecule has 4 rings (SSSR count). The molecule has 21 heteroatoms. The van der Waals surface area contributed by atoms with Gasteiger partial charge in [-0.3, -0.25) is 24.0 Å². The molecular weight excluding hydrogens is 845 g/mol. The largest absolute Gasteiger partial charge is 0.508 e. The minimum absolute atomic E-state index is 0.0205. The number of carboxylic acid groups (broad SMARTS) is 1. The number of para-hydroxylation sites is 1. The highest BCUT2D eigenvalue weighted by atomic mass is 33.1. The van der Waals surface area contributed by atoms with Crippen molar-refractivity contribution in [2.24, 2.45) is 5.73 Å². The Morgan fingerprint density at radius 3 is 2.10 bits per heavy atom. The van der Waals surface area contributed by atoms with Gasteiger partial charge in [0.2, 0.25) is 29.5 Å². The van der Waals surface area contributed by atoms with Gasteiger partial charge in [-0.2, -0.15) is 0 Å². The van der Waals surface area contributed by atoms with E-state index in [4.69, 9.17) is 10.5 Å². The van der Waals surface area contributed by atoms with Crippen molar-refractivity contribution in [1.29, 1.82) is 0 Å². The number of hydrogen-bond acceptors (Lipinski definition) is 13. The number of aliphatic hydroxyl groups is 1. The van der Waals surface area contributed by atoms with Gasteiger partial charge < -0.3 is 62.7 Å². The van der Waals surface area contributed by atoms with Crippen molar-refractivity contribution in [3.8, 4) is 5.75 Å². The van der Waals surface area contributed by atoms with Crippen LogP contribution in [-0.2, 0) is 46.3 Å². The number of aromatic amines is 1. The van der Waals surface area contributed by atoms with Crippen LogP contribution < -0.4 is 37.6 Å². The Hall–Kier alpha value is -5.51. The molecular formula is C41H56N8O11S2. The number of aromatic hydroxyl groups is 1. The topological polar surface area (TPSA) is 303 Å². The van der Waals surface area contributed by atoms with Gasteiger partial charge in [-0.05, 0) is 76.3 Å². The molecule has 1 saturated heterocycles. The lowest BCUT2D eigenvalue weighted by Crippen LogP contribution is -2.61. The van der Waals surface area contributed by atoms with Crippen LogP contribution in [0.3, 0.4) is 0 Å². The molecule has 6 amide bonds. The van der Waals surface area contributed by atoms with Crippen LogP contribution in [0.2, 0.25) is 0 Å². The molecule has 3 aromatic rings. The number of fused-ring (bicyclic) bond motifs is 1. The number of H-pyrrole nitrogens is 1. The second-order valence-electron chi connectivity index (χ2n) is 15.8. The molecule has 1 fully saturated rings. The van der Waals surface area contributed by atoms with Crippen LogP contribution in [0.5, 0.6) is 5.75 Å². The summed E-state index contributed by atoms with van der Waals surface area (Å²) in [5, 5.41) is 46.7. The highest BCUT2D eigenvalue weighted by molar-refractivity contribution is 8.76. The van der Waals surface area contributed by atoms with Gasteiger partial charge >= 0.3 is 12.1 Å². The van der Waals surface area contributed by atoms with Gasteiger partial charge in [0.05, 0.1) is 12.1 Å². The second kappa shape index (κ2) is 23.1. The van der Waals surface area contributed by atoms with E-state index >= 15 is 0 Å². The first-order valence-electron chi connectivity index (χ1n) is 20.0. The van der Waals surface area contributed by atoms with Crippen molar-refractivity contribution >= 4 is 74.1 Å². The number of nitrogens with one attached hydrogen (secondary N) is 7. The number of rotatable bonds is 11. The fourth-order valence-electron chi connectivity index (χ4n) is 6.29. The Morgan fingerprint density at radius 1 is 0.823 bits per heavy atom. The van der Waals surface area contributed by atoms with E-state index in [1.165, 1.54) is 19.1 Å². The zero-order chi connectivity index (χ0) is 45.6. The van der Waals surface area contributed by atoms with Crippen LogP contribution in [-0.4, -0.2) is 128 Å². The first-order valence-corrected chi connectivity index (χ1v) is 22.5. The molecule has 0 saturated carbocycles. The number of ether oxygens (including phenoxy) is 1. The lowest BCUT2D eigenvalue weighted by atomic mass is 10.0. The van der Waals surface area contributed by atoms with Crippen LogP contribution in [0.4, 0.5) is 4.79 Å². The van der Waals surface area contributed by atoms with Gasteiger partial charge in [0.1, 0.15) is 41.6 Å². The van der Waals surface area contributed by atoms with Crippen molar-refractivity contribution in [3.63, 3.8) is 0 Å². The number of carboxylic acids is 1. The molecule has 0 radical (unpaired) electrons. The average Bonchev–Trinajstić information content (AvgIpc) is 3.61. The normalized spacial score (nSPS) is 23.2. The minimum Gasteiger partial charge on any atom is -0.508 e. The molecule has 12 N–H and O–H groups in total. The number of aromatic nitrogens is 1. The van der Waals surface area contributed by atoms with Crippen molar-refractivity contribution in [2.75, 3.05) is 18.1 Å². The highest BCUT2D eigenvalue weighted by Gasteiger charge is 2.35. The molecule has 62 heavy (non-hydrogen) atoms. The van der Waals surface area contributed by atoms with Crippen molar-refractivity contribution in [1.82, 2.24) is 36.9 Å². The Bertz CT molecular complexity index is 2040. The quantitative estimate of drug-likeness (QED) is 0.0945. The number of nitrogens with two attached hydrogens (primary N) is 1. The Balaban J connectivity index is 1.71. The van der Waals surface area contributed by atoms with Crippen molar-refractivity contribution in [3.05, 3.63) is 65.9 Å². The molecule has 338 valence electrons. The number of benzene rings is 2. The summed E-state index contributed by atoms with van der Waals surface area (Å²) >= 11 is 0. The van der Waals surface area contributed by atoms with E-state index in [0.717, 1.165) is 32.5 Å². The van der Waals surface area contributed by atoms with Crippen LogP contribution in [0.25, 0.3) is 10.9 Å². The Morgan fingerprint density at radius 2 is 1.44 bits per heavy atom. The third kappa shape index (κ3) is 15.4. The summed E-state index contributed by atoms with van der Waals surface area (Å²) in [6.07, 6.45) is -0.108. The van der Waals surface area contributed by atoms with Gasteiger partial charge in [-0.25, -0.2) is 9.59 Å². The maximum absolute atomic E-state index is 14.5. The SMILES string of the molecule is C[C@@H](O)[C@@H]1NC(=O)[C@H](CCCCNC(=O)OC(C)(C)C)NC(=O)[C@@H](Cc2c[nH]c3ccccc23)NC(=O)[C@H](Cc2ccc(O)cc2)NC(=O)[C@@H](N)CSSC[C@@H](C(=O)O)NC1=O. The number of amides is 6. The van der Waals surface area contributed by atoms with Gasteiger partial charge in [-0.1, -0.05) is 51.9 Å². The van der Waals surface area contributed by atoms with Crippen molar-refractivity contribution in [2.45, 2.75) is 108 Å². The lowest BCUT2D eigenvalue weighted by molar-refractivity contribution is -0.142. The number of carbonyl (C=O) groups is 7. The molecule has 1 aliphatic rings. The summed E-state index contributed by atoms with van der Waals surface area (Å²) < 4.78 is 5.27. The minimum atomic E-state index is -1.65. The Kier molecular flexibility index (Phi) is 18.3. The van der Waals surface area contributed by atoms with E-state index in [1.807, 2.05) is 18.2 Å². The second-order valence-corrected chi connectivity index (χ2v) is 18.4. The first-order chi connectivity index (χ1) is 29.3. The number of phenolic OH excluding ortho intramolecular Hbond substituents is 1. The number of alkyl carbamates (subject to hydrolysis) is 1. The number of aliphatic hydroxyl groups excluding tert-OH is 1. The monoisotopic (exact) mass is 900 g/mol. The predicted octanol–water partition coefficient (Wildman–Crippen LogP) is 0.965. The van der Waals surface area contributed by atoms with Crippen LogP contribution >= 0.6 is 21.6 Å². The van der Waals surface area contributed by atoms with E-state index in [1.54, 1.807) is 45.2 Å². The molecule has 0 aliphatic carbocycles. The van der Waals surface area contributed by atoms with Crippen LogP contribution in [0, 0.1) is 0 Å². The van der Waals surface area contributed by atoms with Gasteiger partial charge in [-0.15, -0.1) is 0 Å². The number of phenols is 1. The lowest BCUT2D eigenvalue weighted by Gasteiger charge is -2.28. The third-order valence-electron chi connectivity index (χ3n) is 9.54. The number of carbonyl (C=O) groups excluding carboxylic acids is 6. The standard InChI is InChI=1S/C41H56N8O11S2/c1-22(50)33-38(56)48-32(39(57)58)21-62-61-20-27(42)34(52)46-30(17-23-12-14-25(51)15-13-23)36(54)47-31(18-24-19-44-28-10-6-5-9-26(24)28)37(55)45-29(35(53)49-33)11-7-8-16-43-40(59)60-41(2,3)4/h5-6,9-10,12-15,19,22,27,29-33,44,50-51H,7-8,11,16-18,20-21,42H2,1-4H3,(H,43,59)(H,45,55)(H,46,52)(H,47,54)(H,48,56)(H,49,53)(H,57,58)/t22-,27+,29+,30+,31-,32+,33+/m1/s1. The van der Waals surface area contributed by atoms with E-state index in [0.29, 0.717) is 17.5 Å². The first kappa shape index (κ1) is 49.1. The highest BCUT2D eigenvalue weighted by Crippen LogP contribution is 2.24.